The Kier molecular flexibility index (Phi) is 13.9. The quantitative estimate of drug-likeness (QED) is 0.112. The van der Waals surface area contributed by atoms with Crippen LogP contribution in [0.25, 0.3) is 186 Å². The second kappa shape index (κ2) is 23.8. The Hall–Kier alpha value is -12.6. The minimum absolute atomic E-state index is 1.17. The zero-order chi connectivity index (χ0) is 63.5. The van der Waals surface area contributed by atoms with E-state index in [4.69, 9.17) is 0 Å². The number of aromatic nitrogens is 2. The molecule has 0 fully saturated rings. The van der Waals surface area contributed by atoms with Crippen molar-refractivity contribution in [1.82, 2.24) is 9.97 Å². The van der Waals surface area contributed by atoms with Crippen LogP contribution in [0.3, 0.4) is 0 Å². The van der Waals surface area contributed by atoms with E-state index in [1.165, 1.54) is 186 Å². The van der Waals surface area contributed by atoms with Gasteiger partial charge in [-0.3, -0.25) is 9.97 Å². The van der Waals surface area contributed by atoms with E-state index in [0.717, 1.165) is 0 Å². The van der Waals surface area contributed by atoms with Crippen LogP contribution in [-0.4, -0.2) is 9.97 Å². The monoisotopic (exact) mass is 1220 g/mol. The maximum absolute atomic E-state index is 4.20. The summed E-state index contributed by atoms with van der Waals surface area (Å²) in [6.45, 7) is 0. The summed E-state index contributed by atoms with van der Waals surface area (Å²) in [5.74, 6) is 0. The molecule has 0 atom stereocenters. The molecule has 17 aromatic carbocycles. The molecule has 0 aliphatic carbocycles. The minimum atomic E-state index is 1.17. The molecular weight excluding hydrogens is 1160 g/mol. The number of rotatable bonds is 8. The van der Waals surface area contributed by atoms with Crippen LogP contribution in [0.4, 0.5) is 0 Å². The average Bonchev–Trinajstić information content (AvgIpc) is 0.728. The van der Waals surface area contributed by atoms with E-state index < -0.39 is 0 Å². The summed E-state index contributed by atoms with van der Waals surface area (Å²) < 4.78 is 0. The van der Waals surface area contributed by atoms with Gasteiger partial charge in [-0.1, -0.05) is 291 Å². The van der Waals surface area contributed by atoms with Crippen molar-refractivity contribution in [2.45, 2.75) is 0 Å². The lowest BCUT2D eigenvalue weighted by atomic mass is 9.82. The number of nitrogens with zero attached hydrogens (tertiary/aromatic N) is 2. The standard InChI is InChI=1S/C49H31N.C45H29N/c1-3-13-38-35(10-1)12-9-19-42(38)48-43-17-7-8-18-44(43)49(46-31-37-11-2-4-14-39(37)40-15-5-6-16-41(40)46)45-25-24-36(30-47(45)48)33-22-20-32(21-23-33)34-26-28-50-29-27-34;1-2-10-33(11-3-1)44-39-16-8-9-17-40(39)45(42-29-35-12-4-5-13-36(35)37-14-6-7-15-38(37)42)41-23-22-34(28-43(41)44)31-20-18-30(19-21-31)32-24-26-46-27-25-32/h1-31H;1-29H. The number of benzene rings is 17. The van der Waals surface area contributed by atoms with Gasteiger partial charge in [0.1, 0.15) is 0 Å². The van der Waals surface area contributed by atoms with Crippen molar-refractivity contribution in [3.63, 3.8) is 0 Å². The smallest absolute Gasteiger partial charge is 0.0273 e. The van der Waals surface area contributed by atoms with E-state index in [9.17, 15) is 0 Å². The normalized spacial score (nSPS) is 11.5. The summed E-state index contributed by atoms with van der Waals surface area (Å²) in [7, 11) is 0. The van der Waals surface area contributed by atoms with Crippen LogP contribution in [0.5, 0.6) is 0 Å². The van der Waals surface area contributed by atoms with Crippen LogP contribution in [0.15, 0.2) is 365 Å². The number of hydrogen-bond acceptors (Lipinski definition) is 2. The fourth-order valence-corrected chi connectivity index (χ4v) is 15.3. The maximum Gasteiger partial charge on any atom is 0.0273 e. The van der Waals surface area contributed by atoms with E-state index in [0.29, 0.717) is 0 Å². The second-order valence-electron chi connectivity index (χ2n) is 25.0. The molecule has 19 rings (SSSR count). The summed E-state index contributed by atoms with van der Waals surface area (Å²) in [4.78, 5) is 8.38. The molecule has 0 saturated carbocycles. The molecule has 2 heterocycles. The Labute approximate surface area is 557 Å². The first-order valence-corrected chi connectivity index (χ1v) is 33.0. The zero-order valence-corrected chi connectivity index (χ0v) is 52.5. The Morgan fingerprint density at radius 1 is 0.135 bits per heavy atom. The molecular formula is C94H60N2. The largest absolute Gasteiger partial charge is 0.265 e. The van der Waals surface area contributed by atoms with Crippen LogP contribution in [-0.2, 0) is 0 Å². The van der Waals surface area contributed by atoms with Crippen LogP contribution >= 0.6 is 0 Å². The number of pyridine rings is 2. The molecule has 0 radical (unpaired) electrons. The molecule has 0 spiro atoms. The molecule has 0 amide bonds. The molecule has 2 heteroatoms. The predicted molar refractivity (Wildman–Crippen MR) is 410 cm³/mol. The van der Waals surface area contributed by atoms with E-state index >= 15 is 0 Å². The third-order valence-corrected chi connectivity index (χ3v) is 19.7. The highest BCUT2D eigenvalue weighted by Gasteiger charge is 2.23. The van der Waals surface area contributed by atoms with Gasteiger partial charge in [0.25, 0.3) is 0 Å². The van der Waals surface area contributed by atoms with Gasteiger partial charge in [0.15, 0.2) is 0 Å². The minimum Gasteiger partial charge on any atom is -0.265 e. The molecule has 19 aromatic rings. The molecule has 0 N–H and O–H groups in total. The van der Waals surface area contributed by atoms with Crippen LogP contribution in [0.1, 0.15) is 0 Å². The van der Waals surface area contributed by atoms with E-state index in [1.807, 2.05) is 24.8 Å². The lowest BCUT2D eigenvalue weighted by Crippen LogP contribution is -1.93. The van der Waals surface area contributed by atoms with E-state index in [1.54, 1.807) is 0 Å². The maximum atomic E-state index is 4.20. The molecule has 0 saturated heterocycles. The van der Waals surface area contributed by atoms with Gasteiger partial charge in [-0.2, -0.15) is 0 Å². The predicted octanol–water partition coefficient (Wildman–Crippen LogP) is 25.9. The molecule has 0 unspecified atom stereocenters. The summed E-state index contributed by atoms with van der Waals surface area (Å²) in [5.41, 5.74) is 19.6. The van der Waals surface area contributed by atoms with Crippen molar-refractivity contribution < 1.29 is 0 Å². The first-order valence-electron chi connectivity index (χ1n) is 33.0. The van der Waals surface area contributed by atoms with Gasteiger partial charge in [0, 0.05) is 24.8 Å². The zero-order valence-electron chi connectivity index (χ0n) is 52.5. The number of fused-ring (bicyclic) bond motifs is 11. The van der Waals surface area contributed by atoms with Gasteiger partial charge >= 0.3 is 0 Å². The van der Waals surface area contributed by atoms with Gasteiger partial charge in [-0.05, 0) is 234 Å². The Morgan fingerprint density at radius 3 is 0.896 bits per heavy atom. The molecule has 0 aliphatic rings. The van der Waals surface area contributed by atoms with Crippen molar-refractivity contribution in [3.8, 4) is 89.0 Å². The highest BCUT2D eigenvalue weighted by atomic mass is 14.6. The van der Waals surface area contributed by atoms with E-state index in [2.05, 4.69) is 350 Å². The van der Waals surface area contributed by atoms with Crippen molar-refractivity contribution in [2.24, 2.45) is 0 Å². The first kappa shape index (κ1) is 56.2. The molecule has 2 aromatic heterocycles. The first-order chi connectivity index (χ1) is 47.6. The topological polar surface area (TPSA) is 25.8 Å². The van der Waals surface area contributed by atoms with Gasteiger partial charge in [0.05, 0.1) is 0 Å². The summed E-state index contributed by atoms with van der Waals surface area (Å²) >= 11 is 0. The molecule has 0 bridgehead atoms. The highest BCUT2D eigenvalue weighted by Crippen LogP contribution is 2.51. The van der Waals surface area contributed by atoms with Crippen molar-refractivity contribution >= 4 is 97.0 Å². The third kappa shape index (κ3) is 9.74. The van der Waals surface area contributed by atoms with Gasteiger partial charge in [-0.25, -0.2) is 0 Å². The van der Waals surface area contributed by atoms with Gasteiger partial charge in [0.2, 0.25) is 0 Å². The molecule has 2 nitrogen and oxygen atoms in total. The van der Waals surface area contributed by atoms with E-state index in [-0.39, 0.29) is 0 Å². The Morgan fingerprint density at radius 2 is 0.438 bits per heavy atom. The lowest BCUT2D eigenvalue weighted by molar-refractivity contribution is 1.33. The Balaban J connectivity index is 0.000000141. The Bertz CT molecular complexity index is 6210. The van der Waals surface area contributed by atoms with Crippen LogP contribution in [0.2, 0.25) is 0 Å². The lowest BCUT2D eigenvalue weighted by Gasteiger charge is -2.21. The van der Waals surface area contributed by atoms with Crippen LogP contribution in [0, 0.1) is 0 Å². The van der Waals surface area contributed by atoms with Crippen molar-refractivity contribution in [2.75, 3.05) is 0 Å². The highest BCUT2D eigenvalue weighted by molar-refractivity contribution is 6.29. The summed E-state index contributed by atoms with van der Waals surface area (Å²) in [5, 5.41) is 22.8. The summed E-state index contributed by atoms with van der Waals surface area (Å²) in [6.07, 6.45) is 7.39. The molecule has 446 valence electrons. The van der Waals surface area contributed by atoms with Crippen molar-refractivity contribution in [1.29, 1.82) is 0 Å². The molecule has 0 aliphatic heterocycles. The third-order valence-electron chi connectivity index (χ3n) is 19.7. The van der Waals surface area contributed by atoms with Gasteiger partial charge in [-0.15, -0.1) is 0 Å². The fourth-order valence-electron chi connectivity index (χ4n) is 15.3. The van der Waals surface area contributed by atoms with Gasteiger partial charge < -0.3 is 0 Å². The fraction of sp³-hybridized carbons (Fsp3) is 0. The molecule has 96 heavy (non-hydrogen) atoms. The van der Waals surface area contributed by atoms with Crippen molar-refractivity contribution in [3.05, 3.63) is 365 Å². The number of hydrogen-bond donors (Lipinski definition) is 0. The second-order valence-corrected chi connectivity index (χ2v) is 25.0. The average molecular weight is 1220 g/mol. The SMILES string of the molecule is c1ccc(-c2c3ccccc3c(-c3cc4ccccc4c4ccccc34)c3ccc(-c4ccc(-c5ccncc5)cc4)cc23)cc1.c1ccc2c(-c3c4ccccc4c(-c4cc5ccccc5c5ccccc45)c4ccc(-c5ccc(-c6ccncc6)cc5)cc34)cccc2c1. The summed E-state index contributed by atoms with van der Waals surface area (Å²) in [6, 6.07) is 125. The van der Waals surface area contributed by atoms with Crippen LogP contribution < -0.4 is 0 Å².